The van der Waals surface area contributed by atoms with Crippen LogP contribution >= 0.6 is 0 Å². The summed E-state index contributed by atoms with van der Waals surface area (Å²) in [5, 5.41) is 10.4. The Bertz CT molecular complexity index is 587. The van der Waals surface area contributed by atoms with E-state index < -0.39 is 23.4 Å². The van der Waals surface area contributed by atoms with Crippen LogP contribution in [0.2, 0.25) is 0 Å². The number of nitrogens with one attached hydrogen (secondary N) is 3. The third-order valence-electron chi connectivity index (χ3n) is 3.84. The molecule has 1 aliphatic rings. The molecule has 3 N–H and O–H groups in total. The summed E-state index contributed by atoms with van der Waals surface area (Å²) >= 11 is 0. The first-order valence-electron chi connectivity index (χ1n) is 7.52. The summed E-state index contributed by atoms with van der Waals surface area (Å²) in [6.45, 7) is 5.93. The average Bonchev–Trinajstić information content (AvgIpc) is 3.08. The Kier molecular flexibility index (Phi) is 4.99. The van der Waals surface area contributed by atoms with Crippen LogP contribution in [0.4, 0.5) is 4.79 Å². The molecule has 1 fully saturated rings. The van der Waals surface area contributed by atoms with Crippen LogP contribution in [0.5, 0.6) is 0 Å². The molecule has 1 saturated heterocycles. The smallest absolute Gasteiger partial charge is 0.322 e. The number of imide groups is 1. The Morgan fingerprint density at radius 1 is 1.48 bits per heavy atom. The number of hydrogen-bond donors (Lipinski definition) is 3. The van der Waals surface area contributed by atoms with E-state index in [1.54, 1.807) is 24.7 Å². The first-order chi connectivity index (χ1) is 10.9. The van der Waals surface area contributed by atoms with Gasteiger partial charge in [0, 0.05) is 18.4 Å². The maximum Gasteiger partial charge on any atom is 0.344 e. The van der Waals surface area contributed by atoms with Crippen molar-refractivity contribution in [3.63, 3.8) is 0 Å². The zero-order chi connectivity index (χ0) is 17.0. The molecule has 1 aromatic rings. The number of aromatic nitrogens is 2. The fourth-order valence-electron chi connectivity index (χ4n) is 2.21. The van der Waals surface area contributed by atoms with Crippen LogP contribution in [0, 0.1) is 0 Å². The lowest BCUT2D eigenvalue weighted by molar-refractivity contribution is -0.138. The Hall–Kier alpha value is -2.42. The quantitative estimate of drug-likeness (QED) is 0.593. The third-order valence-corrected chi connectivity index (χ3v) is 3.84. The highest BCUT2D eigenvalue weighted by atomic mass is 16.2. The van der Waals surface area contributed by atoms with E-state index >= 15 is 0 Å². The summed E-state index contributed by atoms with van der Waals surface area (Å²) < 4.78 is 1.75. The van der Waals surface area contributed by atoms with Gasteiger partial charge in [-0.3, -0.25) is 19.7 Å². The van der Waals surface area contributed by atoms with Gasteiger partial charge in [-0.1, -0.05) is 6.92 Å². The van der Waals surface area contributed by atoms with Gasteiger partial charge in [0.1, 0.15) is 5.54 Å². The lowest BCUT2D eigenvalue weighted by Crippen LogP contribution is -2.51. The molecule has 0 unspecified atom stereocenters. The average molecular weight is 322 g/mol. The SMILES string of the molecule is CC[C@@]1(C)NC(=O)N(NC(=O)CN[C@H](C)Cn2cccn2)C1=O. The number of hydrazine groups is 1. The van der Waals surface area contributed by atoms with E-state index in [1.165, 1.54) is 0 Å². The molecule has 2 rings (SSSR count). The Morgan fingerprint density at radius 2 is 2.22 bits per heavy atom. The van der Waals surface area contributed by atoms with Crippen molar-refractivity contribution in [1.82, 2.24) is 30.8 Å². The number of amides is 4. The largest absolute Gasteiger partial charge is 0.344 e. The molecule has 4 amide bonds. The molecule has 2 atom stereocenters. The van der Waals surface area contributed by atoms with Crippen LogP contribution in [0.1, 0.15) is 27.2 Å². The summed E-state index contributed by atoms with van der Waals surface area (Å²) in [7, 11) is 0. The Morgan fingerprint density at radius 3 is 2.78 bits per heavy atom. The minimum absolute atomic E-state index is 0.00432. The Balaban J connectivity index is 1.81. The molecule has 1 aliphatic heterocycles. The molecule has 0 spiro atoms. The van der Waals surface area contributed by atoms with Gasteiger partial charge in [0.15, 0.2) is 0 Å². The van der Waals surface area contributed by atoms with Crippen LogP contribution in [0.25, 0.3) is 0 Å². The maximum atomic E-state index is 12.1. The van der Waals surface area contributed by atoms with Crippen LogP contribution < -0.4 is 16.1 Å². The van der Waals surface area contributed by atoms with Crippen molar-refractivity contribution in [1.29, 1.82) is 0 Å². The molecule has 0 aromatic carbocycles. The molecular formula is C14H22N6O3. The van der Waals surface area contributed by atoms with Gasteiger partial charge in [-0.15, -0.1) is 0 Å². The van der Waals surface area contributed by atoms with Gasteiger partial charge in [0.05, 0.1) is 13.1 Å². The molecule has 0 aliphatic carbocycles. The third kappa shape index (κ3) is 3.86. The molecule has 126 valence electrons. The van der Waals surface area contributed by atoms with Gasteiger partial charge in [-0.25, -0.2) is 4.79 Å². The van der Waals surface area contributed by atoms with E-state index in [2.05, 4.69) is 21.2 Å². The van der Waals surface area contributed by atoms with Crippen molar-refractivity contribution < 1.29 is 14.4 Å². The second-order valence-electron chi connectivity index (χ2n) is 5.80. The van der Waals surface area contributed by atoms with Crippen molar-refractivity contribution in [3.8, 4) is 0 Å². The van der Waals surface area contributed by atoms with Gasteiger partial charge >= 0.3 is 6.03 Å². The number of carbonyl (C=O) groups excluding carboxylic acids is 3. The molecule has 0 radical (unpaired) electrons. The van der Waals surface area contributed by atoms with Crippen molar-refractivity contribution in [2.45, 2.75) is 45.3 Å². The molecule has 0 saturated carbocycles. The van der Waals surface area contributed by atoms with Crippen LogP contribution in [-0.4, -0.2) is 50.8 Å². The maximum absolute atomic E-state index is 12.1. The molecule has 2 heterocycles. The number of carbonyl (C=O) groups is 3. The standard InChI is InChI=1S/C14H22N6O3/c1-4-14(3)12(22)20(13(23)17-14)18-11(21)8-15-10(2)9-19-7-5-6-16-19/h5-7,10,15H,4,8-9H2,1-3H3,(H,17,23)(H,18,21)/t10-,14-/m1/s1. The number of nitrogens with zero attached hydrogens (tertiary/aromatic N) is 3. The van der Waals surface area contributed by atoms with E-state index in [1.807, 2.05) is 19.2 Å². The van der Waals surface area contributed by atoms with Crippen LogP contribution in [0.3, 0.4) is 0 Å². The molecule has 23 heavy (non-hydrogen) atoms. The van der Waals surface area contributed by atoms with E-state index in [-0.39, 0.29) is 12.6 Å². The van der Waals surface area contributed by atoms with Gasteiger partial charge in [0.25, 0.3) is 11.8 Å². The summed E-state index contributed by atoms with van der Waals surface area (Å²) in [5.74, 6) is -0.913. The van der Waals surface area contributed by atoms with Crippen molar-refractivity contribution in [3.05, 3.63) is 18.5 Å². The second-order valence-corrected chi connectivity index (χ2v) is 5.80. The zero-order valence-corrected chi connectivity index (χ0v) is 13.5. The van der Waals surface area contributed by atoms with E-state index in [9.17, 15) is 14.4 Å². The molecule has 0 bridgehead atoms. The van der Waals surface area contributed by atoms with Crippen molar-refractivity contribution in [2.24, 2.45) is 0 Å². The van der Waals surface area contributed by atoms with Gasteiger partial charge in [-0.05, 0) is 26.3 Å². The number of hydrogen-bond acceptors (Lipinski definition) is 5. The predicted molar refractivity (Wildman–Crippen MR) is 81.9 cm³/mol. The second kappa shape index (κ2) is 6.78. The van der Waals surface area contributed by atoms with E-state index in [0.29, 0.717) is 13.0 Å². The molecular weight excluding hydrogens is 300 g/mol. The fraction of sp³-hybridized carbons (Fsp3) is 0.571. The monoisotopic (exact) mass is 322 g/mol. The number of urea groups is 1. The highest BCUT2D eigenvalue weighted by Crippen LogP contribution is 2.18. The molecule has 9 heteroatoms. The number of rotatable bonds is 7. The minimum atomic E-state index is -0.967. The van der Waals surface area contributed by atoms with Crippen LogP contribution in [-0.2, 0) is 16.1 Å². The van der Waals surface area contributed by atoms with Crippen molar-refractivity contribution in [2.75, 3.05) is 6.54 Å². The first-order valence-corrected chi connectivity index (χ1v) is 7.52. The van der Waals surface area contributed by atoms with Crippen molar-refractivity contribution >= 4 is 17.8 Å². The fourth-order valence-corrected chi connectivity index (χ4v) is 2.21. The van der Waals surface area contributed by atoms with E-state index in [0.717, 1.165) is 5.01 Å². The predicted octanol–water partition coefficient (Wildman–Crippen LogP) is -0.387. The summed E-state index contributed by atoms with van der Waals surface area (Å²) in [6, 6.07) is 1.21. The summed E-state index contributed by atoms with van der Waals surface area (Å²) in [5.41, 5.74) is 1.36. The van der Waals surface area contributed by atoms with E-state index in [4.69, 9.17) is 0 Å². The molecule has 9 nitrogen and oxygen atoms in total. The highest BCUT2D eigenvalue weighted by molar-refractivity contribution is 6.07. The topological polar surface area (TPSA) is 108 Å². The lowest BCUT2D eigenvalue weighted by atomic mass is 10.00. The zero-order valence-electron chi connectivity index (χ0n) is 13.5. The first kappa shape index (κ1) is 16.9. The van der Waals surface area contributed by atoms with Gasteiger partial charge in [-0.2, -0.15) is 10.1 Å². The lowest BCUT2D eigenvalue weighted by Gasteiger charge is -2.20. The van der Waals surface area contributed by atoms with Gasteiger partial charge < -0.3 is 10.6 Å². The Labute approximate surface area is 134 Å². The van der Waals surface area contributed by atoms with Crippen LogP contribution in [0.15, 0.2) is 18.5 Å². The summed E-state index contributed by atoms with van der Waals surface area (Å²) in [4.78, 5) is 35.9. The highest BCUT2D eigenvalue weighted by Gasteiger charge is 2.47. The van der Waals surface area contributed by atoms with Gasteiger partial charge in [0.2, 0.25) is 0 Å². The minimum Gasteiger partial charge on any atom is -0.322 e. The summed E-state index contributed by atoms with van der Waals surface area (Å²) in [6.07, 6.45) is 3.96. The normalized spacial score (nSPS) is 22.1. The molecule has 1 aromatic heterocycles.